The second-order valence-electron chi connectivity index (χ2n) is 7.19. The number of carbonyl (C=O) groups is 1. The van der Waals surface area contributed by atoms with Gasteiger partial charge in [-0.3, -0.25) is 4.79 Å². The molecule has 0 aromatic heterocycles. The molecule has 0 aliphatic rings. The minimum atomic E-state index is -0.0328. The van der Waals surface area contributed by atoms with Gasteiger partial charge in [0.05, 0.1) is 14.2 Å². The molecule has 0 fully saturated rings. The molecule has 7 nitrogen and oxygen atoms in total. The Morgan fingerprint density at radius 2 is 1.74 bits per heavy atom. The Morgan fingerprint density at radius 3 is 2.26 bits per heavy atom. The number of nitrogens with zero attached hydrogens (tertiary/aromatic N) is 3. The van der Waals surface area contributed by atoms with Crippen molar-refractivity contribution in [3.05, 3.63) is 23.3 Å². The van der Waals surface area contributed by atoms with E-state index in [0.717, 1.165) is 17.7 Å². The molecule has 0 heterocycles. The maximum atomic E-state index is 11.9. The standard InChI is InChI=1S/C20H34N4O3/c1-14(2)11-21-20(22-12-19(25)23(4)5)24(6)13-16-10-18(27-8)17(26-7)9-15(16)3/h9-10,14H,11-13H2,1-8H3,(H,21,22). The average Bonchev–Trinajstić information content (AvgIpc) is 2.62. The minimum absolute atomic E-state index is 0.0328. The number of hydrogen-bond donors (Lipinski definition) is 1. The van der Waals surface area contributed by atoms with E-state index in [-0.39, 0.29) is 12.5 Å². The summed E-state index contributed by atoms with van der Waals surface area (Å²) in [6.07, 6.45) is 0. The molecule has 7 heteroatoms. The van der Waals surface area contributed by atoms with Crippen molar-refractivity contribution >= 4 is 11.9 Å². The first kappa shape index (κ1) is 22.6. The van der Waals surface area contributed by atoms with Gasteiger partial charge in [-0.2, -0.15) is 0 Å². The van der Waals surface area contributed by atoms with Crippen LogP contribution in [0.25, 0.3) is 0 Å². The van der Waals surface area contributed by atoms with Crippen LogP contribution in [-0.4, -0.2) is 70.1 Å². The number of likely N-dealkylation sites (N-methyl/N-ethyl adjacent to an activating group) is 1. The molecule has 1 amide bonds. The zero-order valence-electron chi connectivity index (χ0n) is 17.9. The van der Waals surface area contributed by atoms with Crippen molar-refractivity contribution < 1.29 is 14.3 Å². The van der Waals surface area contributed by atoms with Gasteiger partial charge in [-0.1, -0.05) is 13.8 Å². The Bertz CT molecular complexity index is 657. The molecular formula is C20H34N4O3. The Balaban J connectivity index is 3.02. The number of nitrogens with one attached hydrogen (secondary N) is 1. The summed E-state index contributed by atoms with van der Waals surface area (Å²) in [5.74, 6) is 2.55. The van der Waals surface area contributed by atoms with Crippen LogP contribution in [0.3, 0.4) is 0 Å². The van der Waals surface area contributed by atoms with Gasteiger partial charge < -0.3 is 24.6 Å². The van der Waals surface area contributed by atoms with Gasteiger partial charge in [0.2, 0.25) is 5.91 Å². The van der Waals surface area contributed by atoms with Crippen LogP contribution in [-0.2, 0) is 11.3 Å². The highest BCUT2D eigenvalue weighted by molar-refractivity contribution is 5.84. The number of ether oxygens (including phenoxy) is 2. The number of methoxy groups -OCH3 is 2. The smallest absolute Gasteiger partial charge is 0.243 e. The van der Waals surface area contributed by atoms with E-state index >= 15 is 0 Å². The van der Waals surface area contributed by atoms with E-state index in [2.05, 4.69) is 24.2 Å². The third-order valence-electron chi connectivity index (χ3n) is 4.14. The topological polar surface area (TPSA) is 66.4 Å². The molecule has 1 N–H and O–H groups in total. The largest absolute Gasteiger partial charge is 0.493 e. The van der Waals surface area contributed by atoms with Gasteiger partial charge in [0, 0.05) is 34.2 Å². The summed E-state index contributed by atoms with van der Waals surface area (Å²) >= 11 is 0. The normalized spacial score (nSPS) is 11.4. The van der Waals surface area contributed by atoms with Crippen LogP contribution < -0.4 is 14.8 Å². The van der Waals surface area contributed by atoms with Crippen LogP contribution in [0, 0.1) is 12.8 Å². The average molecular weight is 379 g/mol. The SMILES string of the molecule is COc1cc(C)c(CN(C)C(=NCC(=O)N(C)C)NCC(C)C)cc1OC. The van der Waals surface area contributed by atoms with E-state index in [0.29, 0.717) is 29.9 Å². The summed E-state index contributed by atoms with van der Waals surface area (Å²) in [5, 5.41) is 3.35. The Kier molecular flexibility index (Phi) is 8.91. The van der Waals surface area contributed by atoms with E-state index in [9.17, 15) is 4.79 Å². The minimum Gasteiger partial charge on any atom is -0.493 e. The first-order valence-corrected chi connectivity index (χ1v) is 9.10. The molecule has 0 spiro atoms. The van der Waals surface area contributed by atoms with Gasteiger partial charge in [-0.25, -0.2) is 4.99 Å². The molecule has 0 aliphatic heterocycles. The number of rotatable bonds is 8. The first-order chi connectivity index (χ1) is 12.7. The lowest BCUT2D eigenvalue weighted by molar-refractivity contribution is -0.127. The van der Waals surface area contributed by atoms with E-state index in [1.54, 1.807) is 33.2 Å². The lowest BCUT2D eigenvalue weighted by Gasteiger charge is -2.25. The lowest BCUT2D eigenvalue weighted by Crippen LogP contribution is -2.41. The maximum Gasteiger partial charge on any atom is 0.243 e. The molecule has 0 bridgehead atoms. The van der Waals surface area contributed by atoms with Crippen LogP contribution in [0.2, 0.25) is 0 Å². The van der Waals surface area contributed by atoms with E-state index < -0.39 is 0 Å². The quantitative estimate of drug-likeness (QED) is 0.555. The van der Waals surface area contributed by atoms with Gasteiger partial charge in [-0.05, 0) is 36.1 Å². The molecule has 0 unspecified atom stereocenters. The summed E-state index contributed by atoms with van der Waals surface area (Å²) in [7, 11) is 8.68. The molecule has 0 radical (unpaired) electrons. The maximum absolute atomic E-state index is 11.9. The van der Waals surface area contributed by atoms with Gasteiger partial charge >= 0.3 is 0 Å². The molecule has 1 aromatic rings. The Labute approximate surface area is 163 Å². The highest BCUT2D eigenvalue weighted by Crippen LogP contribution is 2.30. The molecular weight excluding hydrogens is 344 g/mol. The lowest BCUT2D eigenvalue weighted by atomic mass is 10.1. The van der Waals surface area contributed by atoms with Crippen LogP contribution in [0.15, 0.2) is 17.1 Å². The van der Waals surface area contributed by atoms with Crippen molar-refractivity contribution in [2.24, 2.45) is 10.9 Å². The number of carbonyl (C=O) groups excluding carboxylic acids is 1. The summed E-state index contributed by atoms with van der Waals surface area (Å²) in [6.45, 7) is 7.83. The van der Waals surface area contributed by atoms with Crippen molar-refractivity contribution in [2.75, 3.05) is 48.5 Å². The molecule has 1 aromatic carbocycles. The molecule has 27 heavy (non-hydrogen) atoms. The van der Waals surface area contributed by atoms with Crippen molar-refractivity contribution in [1.29, 1.82) is 0 Å². The number of guanidine groups is 1. The highest BCUT2D eigenvalue weighted by atomic mass is 16.5. The van der Waals surface area contributed by atoms with Crippen LogP contribution in [0.5, 0.6) is 11.5 Å². The number of aryl methyl sites for hydroxylation is 1. The highest BCUT2D eigenvalue weighted by Gasteiger charge is 2.14. The van der Waals surface area contributed by atoms with Crippen molar-refractivity contribution in [3.8, 4) is 11.5 Å². The van der Waals surface area contributed by atoms with Crippen LogP contribution >= 0.6 is 0 Å². The predicted octanol–water partition coefficient (Wildman–Crippen LogP) is 2.13. The van der Waals surface area contributed by atoms with Gasteiger partial charge in [0.1, 0.15) is 6.54 Å². The molecule has 0 aliphatic carbocycles. The summed E-state index contributed by atoms with van der Waals surface area (Å²) in [6, 6.07) is 3.95. The number of amides is 1. The number of benzene rings is 1. The van der Waals surface area contributed by atoms with E-state index in [1.807, 2.05) is 31.0 Å². The summed E-state index contributed by atoms with van der Waals surface area (Å²) in [4.78, 5) is 20.0. The third-order valence-corrected chi connectivity index (χ3v) is 4.14. The molecule has 0 atom stereocenters. The van der Waals surface area contributed by atoms with Gasteiger partial charge in [0.15, 0.2) is 17.5 Å². The van der Waals surface area contributed by atoms with Crippen molar-refractivity contribution in [3.63, 3.8) is 0 Å². The molecule has 1 rings (SSSR count). The second kappa shape index (κ2) is 10.6. The molecule has 0 saturated carbocycles. The van der Waals surface area contributed by atoms with E-state index in [4.69, 9.17) is 9.47 Å². The fourth-order valence-corrected chi connectivity index (χ4v) is 2.41. The van der Waals surface area contributed by atoms with Crippen LogP contribution in [0.1, 0.15) is 25.0 Å². The Hall–Kier alpha value is -2.44. The van der Waals surface area contributed by atoms with Crippen molar-refractivity contribution in [1.82, 2.24) is 15.1 Å². The monoisotopic (exact) mass is 378 g/mol. The summed E-state index contributed by atoms with van der Waals surface area (Å²) < 4.78 is 10.8. The fraction of sp³-hybridized carbons (Fsp3) is 0.600. The van der Waals surface area contributed by atoms with Gasteiger partial charge in [0.25, 0.3) is 0 Å². The molecule has 0 saturated heterocycles. The van der Waals surface area contributed by atoms with Gasteiger partial charge in [-0.15, -0.1) is 0 Å². The van der Waals surface area contributed by atoms with Crippen LogP contribution in [0.4, 0.5) is 0 Å². The van der Waals surface area contributed by atoms with Crippen molar-refractivity contribution in [2.45, 2.75) is 27.3 Å². The zero-order chi connectivity index (χ0) is 20.6. The number of hydrogen-bond acceptors (Lipinski definition) is 4. The van der Waals surface area contributed by atoms with E-state index in [1.165, 1.54) is 0 Å². The fourth-order valence-electron chi connectivity index (χ4n) is 2.41. The molecule has 152 valence electrons. The Morgan fingerprint density at radius 1 is 1.15 bits per heavy atom. The third kappa shape index (κ3) is 7.00. The predicted molar refractivity (Wildman–Crippen MR) is 110 cm³/mol. The summed E-state index contributed by atoms with van der Waals surface area (Å²) in [5.41, 5.74) is 2.21. The first-order valence-electron chi connectivity index (χ1n) is 9.10. The number of aliphatic imine (C=N–C) groups is 1. The second-order valence-corrected chi connectivity index (χ2v) is 7.19. The zero-order valence-corrected chi connectivity index (χ0v) is 17.9.